The van der Waals surface area contributed by atoms with Gasteiger partial charge in [-0.15, -0.1) is 0 Å². The summed E-state index contributed by atoms with van der Waals surface area (Å²) in [5, 5.41) is 0. The zero-order valence-electron chi connectivity index (χ0n) is 13.3. The summed E-state index contributed by atoms with van der Waals surface area (Å²) in [6.07, 6.45) is 3.14. The molecule has 0 saturated carbocycles. The lowest BCUT2D eigenvalue weighted by molar-refractivity contribution is 0.174. The number of nitrogens with zero attached hydrogens (tertiary/aromatic N) is 2. The predicted octanol–water partition coefficient (Wildman–Crippen LogP) is 3.01. The molecule has 124 valence electrons. The lowest BCUT2D eigenvalue weighted by atomic mass is 9.96. The third kappa shape index (κ3) is 5.32. The molecule has 0 radical (unpaired) electrons. The molecular weight excluding hydrogens is 320 g/mol. The Balaban J connectivity index is 1.75. The molecule has 4 nitrogen and oxygen atoms in total. The van der Waals surface area contributed by atoms with Gasteiger partial charge >= 0.3 is 0 Å². The molecular formula is C16H25ClN2O2S. The van der Waals surface area contributed by atoms with E-state index in [0.29, 0.717) is 12.0 Å². The van der Waals surface area contributed by atoms with Gasteiger partial charge in [0.05, 0.1) is 11.9 Å². The molecule has 2 atom stereocenters. The Morgan fingerprint density at radius 2 is 2.00 bits per heavy atom. The molecule has 1 aliphatic heterocycles. The third-order valence-electron chi connectivity index (χ3n) is 4.51. The first-order valence-electron chi connectivity index (χ1n) is 7.80. The van der Waals surface area contributed by atoms with Gasteiger partial charge in [-0.05, 0) is 44.7 Å². The fourth-order valence-corrected chi connectivity index (χ4v) is 3.81. The molecule has 6 heteroatoms. The minimum absolute atomic E-state index is 0.515. The summed E-state index contributed by atoms with van der Waals surface area (Å²) < 4.78 is 17.6. The molecule has 1 aromatic carbocycles. The van der Waals surface area contributed by atoms with E-state index >= 15 is 0 Å². The van der Waals surface area contributed by atoms with E-state index in [-0.39, 0.29) is 0 Å². The molecule has 0 spiro atoms. The molecule has 1 heterocycles. The highest BCUT2D eigenvalue weighted by Gasteiger charge is 2.25. The number of hydrogen-bond acceptors (Lipinski definition) is 3. The molecule has 0 amide bonds. The average Bonchev–Trinajstić information content (AvgIpc) is 2.55. The normalized spacial score (nSPS) is 20.2. The van der Waals surface area contributed by atoms with E-state index < -0.39 is 11.3 Å². The van der Waals surface area contributed by atoms with Crippen LogP contribution in [0.25, 0.3) is 0 Å². The smallest absolute Gasteiger partial charge is 0.254 e. The van der Waals surface area contributed by atoms with E-state index in [4.69, 9.17) is 11.9 Å². The number of rotatable bonds is 7. The molecule has 1 fully saturated rings. The summed E-state index contributed by atoms with van der Waals surface area (Å²) in [6.45, 7) is 4.92. The van der Waals surface area contributed by atoms with Crippen LogP contribution in [-0.2, 0) is 21.4 Å². The van der Waals surface area contributed by atoms with Crippen LogP contribution in [0.4, 0.5) is 0 Å². The highest BCUT2D eigenvalue weighted by Crippen LogP contribution is 2.21. The van der Waals surface area contributed by atoms with Gasteiger partial charge in [0.15, 0.2) is 0 Å². The molecule has 1 saturated heterocycles. The van der Waals surface area contributed by atoms with E-state index in [9.17, 15) is 4.21 Å². The standard InChI is InChI=1S/C16H25ClN2O2S/c1-14(12-15-6-4-3-5-7-15)18(2)13-16-8-10-19(11-9-16)22(20)21-17/h3-7,14,16H,8-13H2,1-2H3. The van der Waals surface area contributed by atoms with Gasteiger partial charge < -0.3 is 4.90 Å². The SMILES string of the molecule is CC(Cc1ccccc1)N(C)CC1CCN(S(=O)OCl)CC1. The molecule has 0 bridgehead atoms. The van der Waals surface area contributed by atoms with E-state index in [1.165, 1.54) is 5.56 Å². The van der Waals surface area contributed by atoms with Crippen molar-refractivity contribution < 1.29 is 7.94 Å². The second kappa shape index (κ2) is 8.99. The summed E-state index contributed by atoms with van der Waals surface area (Å²) in [7, 11) is 2.19. The van der Waals surface area contributed by atoms with Crippen molar-refractivity contribution in [1.29, 1.82) is 0 Å². The minimum Gasteiger partial charge on any atom is -0.303 e. The van der Waals surface area contributed by atoms with Gasteiger partial charge in [0.2, 0.25) is 0 Å². The van der Waals surface area contributed by atoms with Crippen LogP contribution in [0.3, 0.4) is 0 Å². The van der Waals surface area contributed by atoms with E-state index in [2.05, 4.69) is 52.9 Å². The lowest BCUT2D eigenvalue weighted by Crippen LogP contribution is -2.41. The summed E-state index contributed by atoms with van der Waals surface area (Å²) in [6, 6.07) is 11.1. The molecule has 0 aliphatic carbocycles. The van der Waals surface area contributed by atoms with Crippen molar-refractivity contribution in [2.24, 2.45) is 5.92 Å². The van der Waals surface area contributed by atoms with Gasteiger partial charge in [-0.3, -0.25) is 0 Å². The monoisotopic (exact) mass is 344 g/mol. The summed E-state index contributed by atoms with van der Waals surface area (Å²) in [5.74, 6) is 0.645. The topological polar surface area (TPSA) is 32.8 Å². The van der Waals surface area contributed by atoms with Crippen LogP contribution in [-0.4, -0.2) is 46.1 Å². The molecule has 2 rings (SSSR count). The van der Waals surface area contributed by atoms with Crippen molar-refractivity contribution in [3.63, 3.8) is 0 Å². The number of piperidine rings is 1. The molecule has 1 aliphatic rings. The van der Waals surface area contributed by atoms with Crippen LogP contribution >= 0.6 is 11.9 Å². The van der Waals surface area contributed by atoms with Crippen molar-refractivity contribution in [2.75, 3.05) is 26.7 Å². The Hall–Kier alpha value is -0.460. The van der Waals surface area contributed by atoms with Crippen LogP contribution < -0.4 is 0 Å². The van der Waals surface area contributed by atoms with E-state index in [1.54, 1.807) is 4.31 Å². The van der Waals surface area contributed by atoms with Gasteiger partial charge in [0.1, 0.15) is 0 Å². The maximum Gasteiger partial charge on any atom is 0.254 e. The zero-order valence-corrected chi connectivity index (χ0v) is 14.9. The second-order valence-electron chi connectivity index (χ2n) is 6.13. The van der Waals surface area contributed by atoms with Crippen LogP contribution in [0.15, 0.2) is 30.3 Å². The maximum absolute atomic E-state index is 11.5. The van der Waals surface area contributed by atoms with Crippen molar-refractivity contribution >= 4 is 23.1 Å². The van der Waals surface area contributed by atoms with Crippen LogP contribution in [0.2, 0.25) is 0 Å². The fraction of sp³-hybridized carbons (Fsp3) is 0.625. The fourth-order valence-electron chi connectivity index (χ4n) is 2.98. The zero-order chi connectivity index (χ0) is 15.9. The van der Waals surface area contributed by atoms with Crippen LogP contribution in [0.5, 0.6) is 0 Å². The summed E-state index contributed by atoms with van der Waals surface area (Å²) >= 11 is 3.68. The van der Waals surface area contributed by atoms with Gasteiger partial charge in [-0.1, -0.05) is 30.3 Å². The first-order chi connectivity index (χ1) is 10.6. The molecule has 2 unspecified atom stereocenters. The average molecular weight is 345 g/mol. The number of benzene rings is 1. The number of hydrogen-bond donors (Lipinski definition) is 0. The van der Waals surface area contributed by atoms with Crippen LogP contribution in [0.1, 0.15) is 25.3 Å². The highest BCUT2D eigenvalue weighted by atomic mass is 35.5. The molecule has 0 N–H and O–H groups in total. The largest absolute Gasteiger partial charge is 0.303 e. The Morgan fingerprint density at radius 3 is 2.59 bits per heavy atom. The van der Waals surface area contributed by atoms with Crippen molar-refractivity contribution in [3.8, 4) is 0 Å². The van der Waals surface area contributed by atoms with Crippen molar-refractivity contribution in [1.82, 2.24) is 9.21 Å². The van der Waals surface area contributed by atoms with Crippen molar-refractivity contribution in [2.45, 2.75) is 32.2 Å². The van der Waals surface area contributed by atoms with Gasteiger partial charge in [0.25, 0.3) is 11.3 Å². The molecule has 0 aromatic heterocycles. The third-order valence-corrected chi connectivity index (χ3v) is 5.73. The molecule has 22 heavy (non-hydrogen) atoms. The number of likely N-dealkylation sites (N-methyl/N-ethyl adjacent to an activating group) is 1. The Labute approximate surface area is 141 Å². The van der Waals surface area contributed by atoms with Crippen molar-refractivity contribution in [3.05, 3.63) is 35.9 Å². The van der Waals surface area contributed by atoms with E-state index in [0.717, 1.165) is 38.9 Å². The summed E-state index contributed by atoms with van der Waals surface area (Å²) in [4.78, 5) is 2.43. The van der Waals surface area contributed by atoms with Gasteiger partial charge in [0, 0.05) is 25.7 Å². The Morgan fingerprint density at radius 1 is 1.36 bits per heavy atom. The van der Waals surface area contributed by atoms with Gasteiger partial charge in [-0.25, -0.2) is 4.21 Å². The second-order valence-corrected chi connectivity index (χ2v) is 7.59. The quantitative estimate of drug-likeness (QED) is 0.762. The Kier molecular flexibility index (Phi) is 7.31. The predicted molar refractivity (Wildman–Crippen MR) is 91.6 cm³/mol. The summed E-state index contributed by atoms with van der Waals surface area (Å²) in [5.41, 5.74) is 1.38. The highest BCUT2D eigenvalue weighted by molar-refractivity contribution is 7.78. The first-order valence-corrected chi connectivity index (χ1v) is 9.14. The molecule has 1 aromatic rings. The lowest BCUT2D eigenvalue weighted by Gasteiger charge is -2.34. The van der Waals surface area contributed by atoms with Gasteiger partial charge in [-0.2, -0.15) is 8.04 Å². The van der Waals surface area contributed by atoms with Crippen LogP contribution in [0, 0.1) is 5.92 Å². The minimum atomic E-state index is -1.49. The number of halogens is 1. The maximum atomic E-state index is 11.5. The Bertz CT molecular complexity index is 466. The van der Waals surface area contributed by atoms with E-state index in [1.807, 2.05) is 0 Å². The first kappa shape index (κ1) is 17.9.